The van der Waals surface area contributed by atoms with Gasteiger partial charge in [0, 0.05) is 30.1 Å². The van der Waals surface area contributed by atoms with Gasteiger partial charge in [0.2, 0.25) is 6.43 Å². The van der Waals surface area contributed by atoms with Gasteiger partial charge in [-0.25, -0.2) is 8.78 Å². The number of aromatic hydroxyl groups is 2. The smallest absolute Gasteiger partial charge is 0.242 e. The highest BCUT2D eigenvalue weighted by molar-refractivity contribution is 5.95. The van der Waals surface area contributed by atoms with E-state index < -0.39 is 18.4 Å². The Morgan fingerprint density at radius 1 is 1.03 bits per heavy atom. The largest absolute Gasteiger partial charge is 0.508 e. The van der Waals surface area contributed by atoms with Gasteiger partial charge in [0.1, 0.15) is 35.7 Å². The van der Waals surface area contributed by atoms with E-state index in [1.807, 2.05) is 42.2 Å². The first-order valence-electron chi connectivity index (χ1n) is 12.1. The summed E-state index contributed by atoms with van der Waals surface area (Å²) < 4.78 is 38.0. The van der Waals surface area contributed by atoms with E-state index in [9.17, 15) is 19.0 Å². The molecule has 2 aliphatic rings. The number of rotatable bonds is 7. The van der Waals surface area contributed by atoms with Crippen LogP contribution in [0.4, 0.5) is 8.78 Å². The summed E-state index contributed by atoms with van der Waals surface area (Å²) in [6, 6.07) is 19.8. The van der Waals surface area contributed by atoms with Gasteiger partial charge in [-0.05, 0) is 79.1 Å². The Morgan fingerprint density at radius 3 is 2.53 bits per heavy atom. The molecule has 1 fully saturated rings. The molecule has 0 bridgehead atoms. The predicted octanol–water partition coefficient (Wildman–Crippen LogP) is 6.13. The van der Waals surface area contributed by atoms with Gasteiger partial charge in [-0.15, -0.1) is 0 Å². The van der Waals surface area contributed by atoms with Crippen molar-refractivity contribution in [1.82, 2.24) is 4.90 Å². The highest BCUT2D eigenvalue weighted by Crippen LogP contribution is 2.47. The molecule has 0 spiro atoms. The number of phenolic OH excluding ortho intramolecular Hbond substituents is 2. The number of alkyl halides is 2. The monoisotopic (exact) mass is 493 g/mol. The van der Waals surface area contributed by atoms with Crippen molar-refractivity contribution >= 4 is 11.1 Å². The fraction of sp³-hybridized carbons (Fsp3) is 0.310. The molecule has 1 saturated heterocycles. The molecule has 2 atom stereocenters. The number of benzene rings is 3. The molecule has 2 heterocycles. The molecule has 36 heavy (non-hydrogen) atoms. The standard InChI is InChI=1S/C29H29F2NO4/c1-18-25-16-23(34)7-10-26(25)36-28(27(18)20-3-2-4-22(33)15-20)19-5-8-24(9-6-19)35-14-13-32-12-11-21(17-32)29(30)31/h2-10,15-16,21,28-29,33-34H,11-14,17H2,1H3. The molecule has 2 N–H and O–H groups in total. The SMILES string of the molecule is CC1=C(c2cccc(O)c2)C(c2ccc(OCCN3CCC(C(F)F)C3)cc2)Oc2ccc(O)cc21. The van der Waals surface area contributed by atoms with Crippen molar-refractivity contribution in [3.05, 3.63) is 83.4 Å². The summed E-state index contributed by atoms with van der Waals surface area (Å²) in [4.78, 5) is 2.02. The molecule has 3 aromatic carbocycles. The zero-order chi connectivity index (χ0) is 25.2. The van der Waals surface area contributed by atoms with E-state index in [1.54, 1.807) is 36.4 Å². The van der Waals surface area contributed by atoms with E-state index in [1.165, 1.54) is 0 Å². The van der Waals surface area contributed by atoms with Crippen LogP contribution < -0.4 is 9.47 Å². The molecule has 0 amide bonds. The number of likely N-dealkylation sites (tertiary alicyclic amines) is 1. The zero-order valence-corrected chi connectivity index (χ0v) is 20.0. The Bertz CT molecular complexity index is 1260. The first-order valence-corrected chi connectivity index (χ1v) is 12.1. The number of nitrogens with zero attached hydrogens (tertiary/aromatic N) is 1. The van der Waals surface area contributed by atoms with E-state index in [2.05, 4.69) is 0 Å². The maximum atomic E-state index is 12.9. The molecule has 0 aromatic heterocycles. The fourth-order valence-electron chi connectivity index (χ4n) is 5.02. The van der Waals surface area contributed by atoms with Crippen LogP contribution in [0.2, 0.25) is 0 Å². The van der Waals surface area contributed by atoms with Gasteiger partial charge in [0.05, 0.1) is 0 Å². The Kier molecular flexibility index (Phi) is 6.83. The Morgan fingerprint density at radius 2 is 1.81 bits per heavy atom. The molecule has 5 rings (SSSR count). The molecule has 3 aromatic rings. The quantitative estimate of drug-likeness (QED) is 0.415. The maximum Gasteiger partial charge on any atom is 0.242 e. The molecular weight excluding hydrogens is 464 g/mol. The Balaban J connectivity index is 1.34. The van der Waals surface area contributed by atoms with Gasteiger partial charge < -0.3 is 19.7 Å². The number of hydrogen-bond donors (Lipinski definition) is 2. The average molecular weight is 494 g/mol. The molecule has 2 unspecified atom stereocenters. The van der Waals surface area contributed by atoms with Crippen molar-refractivity contribution < 1.29 is 28.5 Å². The second kappa shape index (κ2) is 10.2. The number of allylic oxidation sites excluding steroid dienone is 1. The van der Waals surface area contributed by atoms with Crippen molar-refractivity contribution in [2.45, 2.75) is 25.9 Å². The van der Waals surface area contributed by atoms with Crippen LogP contribution in [0.1, 0.15) is 36.1 Å². The van der Waals surface area contributed by atoms with Crippen LogP contribution in [0.3, 0.4) is 0 Å². The van der Waals surface area contributed by atoms with E-state index in [0.29, 0.717) is 44.2 Å². The lowest BCUT2D eigenvalue weighted by atomic mass is 9.86. The lowest BCUT2D eigenvalue weighted by Crippen LogP contribution is -2.27. The van der Waals surface area contributed by atoms with Crippen molar-refractivity contribution in [2.24, 2.45) is 5.92 Å². The van der Waals surface area contributed by atoms with Crippen molar-refractivity contribution in [3.8, 4) is 23.0 Å². The molecular formula is C29H29F2NO4. The molecule has 2 aliphatic heterocycles. The first kappa shape index (κ1) is 24.1. The Labute approximate surface area is 209 Å². The lowest BCUT2D eigenvalue weighted by molar-refractivity contribution is 0.0796. The van der Waals surface area contributed by atoms with Crippen LogP contribution in [0, 0.1) is 5.92 Å². The third kappa shape index (κ3) is 5.02. The summed E-state index contributed by atoms with van der Waals surface area (Å²) in [5.74, 6) is 1.16. The highest BCUT2D eigenvalue weighted by Gasteiger charge is 2.30. The molecule has 188 valence electrons. The predicted molar refractivity (Wildman–Crippen MR) is 135 cm³/mol. The minimum absolute atomic E-state index is 0.158. The van der Waals surface area contributed by atoms with Crippen molar-refractivity contribution in [1.29, 1.82) is 0 Å². The van der Waals surface area contributed by atoms with Crippen LogP contribution >= 0.6 is 0 Å². The second-order valence-electron chi connectivity index (χ2n) is 9.37. The van der Waals surface area contributed by atoms with Crippen LogP contribution in [0.25, 0.3) is 11.1 Å². The lowest BCUT2D eigenvalue weighted by Gasteiger charge is -2.31. The van der Waals surface area contributed by atoms with Gasteiger partial charge in [-0.2, -0.15) is 0 Å². The number of fused-ring (bicyclic) bond motifs is 1. The third-order valence-electron chi connectivity index (χ3n) is 6.96. The van der Waals surface area contributed by atoms with Gasteiger partial charge in [-0.1, -0.05) is 24.3 Å². The summed E-state index contributed by atoms with van der Waals surface area (Å²) >= 11 is 0. The summed E-state index contributed by atoms with van der Waals surface area (Å²) in [6.07, 6.45) is -2.15. The topological polar surface area (TPSA) is 62.2 Å². The van der Waals surface area contributed by atoms with Crippen LogP contribution in [-0.2, 0) is 0 Å². The summed E-state index contributed by atoms with van der Waals surface area (Å²) in [5, 5.41) is 20.1. The van der Waals surface area contributed by atoms with E-state index in [4.69, 9.17) is 9.47 Å². The van der Waals surface area contributed by atoms with Crippen molar-refractivity contribution in [2.75, 3.05) is 26.2 Å². The molecule has 7 heteroatoms. The zero-order valence-electron chi connectivity index (χ0n) is 20.0. The van der Waals surface area contributed by atoms with Gasteiger partial charge in [-0.3, -0.25) is 4.90 Å². The summed E-state index contributed by atoms with van der Waals surface area (Å²) in [5.41, 5.74) is 4.41. The molecule has 0 saturated carbocycles. The number of hydrogen-bond acceptors (Lipinski definition) is 5. The van der Waals surface area contributed by atoms with E-state index >= 15 is 0 Å². The normalized spacial score (nSPS) is 19.9. The van der Waals surface area contributed by atoms with E-state index in [0.717, 1.165) is 27.8 Å². The van der Waals surface area contributed by atoms with Crippen LogP contribution in [0.5, 0.6) is 23.0 Å². The van der Waals surface area contributed by atoms with Crippen LogP contribution in [-0.4, -0.2) is 47.8 Å². The first-order chi connectivity index (χ1) is 17.4. The average Bonchev–Trinajstić information content (AvgIpc) is 3.34. The van der Waals surface area contributed by atoms with E-state index in [-0.39, 0.29) is 11.5 Å². The molecule has 0 aliphatic carbocycles. The number of halogens is 2. The van der Waals surface area contributed by atoms with Crippen LogP contribution in [0.15, 0.2) is 66.7 Å². The third-order valence-corrected chi connectivity index (χ3v) is 6.96. The van der Waals surface area contributed by atoms with Gasteiger partial charge in [0.15, 0.2) is 0 Å². The second-order valence-corrected chi connectivity index (χ2v) is 9.37. The summed E-state index contributed by atoms with van der Waals surface area (Å²) in [7, 11) is 0. The Hall–Kier alpha value is -3.58. The summed E-state index contributed by atoms with van der Waals surface area (Å²) in [6.45, 7) is 4.13. The number of ether oxygens (including phenoxy) is 2. The number of phenols is 2. The molecule has 5 nitrogen and oxygen atoms in total. The molecule has 0 radical (unpaired) electrons. The van der Waals surface area contributed by atoms with Crippen molar-refractivity contribution in [3.63, 3.8) is 0 Å². The maximum absolute atomic E-state index is 12.9. The van der Waals surface area contributed by atoms with Gasteiger partial charge in [0.25, 0.3) is 0 Å². The highest BCUT2D eigenvalue weighted by atomic mass is 19.3. The van der Waals surface area contributed by atoms with Gasteiger partial charge >= 0.3 is 0 Å². The fourth-order valence-corrected chi connectivity index (χ4v) is 5.02. The minimum Gasteiger partial charge on any atom is -0.508 e. The minimum atomic E-state index is -2.26.